The Bertz CT molecular complexity index is 497. The van der Waals surface area contributed by atoms with E-state index in [9.17, 15) is 0 Å². The molecule has 0 fully saturated rings. The molecule has 0 aliphatic rings. The first-order chi connectivity index (χ1) is 7.16. The molecule has 0 unspecified atom stereocenters. The minimum absolute atomic E-state index is 0.696. The monoisotopic (exact) mass is 328 g/mol. The third kappa shape index (κ3) is 2.44. The van der Waals surface area contributed by atoms with E-state index in [-0.39, 0.29) is 0 Å². The van der Waals surface area contributed by atoms with Gasteiger partial charge >= 0.3 is 0 Å². The van der Waals surface area contributed by atoms with Gasteiger partial charge in [0.15, 0.2) is 0 Å². The molecule has 2 aromatic carbocycles. The van der Waals surface area contributed by atoms with Crippen LogP contribution in [0.3, 0.4) is 0 Å². The molecule has 2 rings (SSSR count). The predicted octanol–water partition coefficient (Wildman–Crippen LogP) is 3.99. The summed E-state index contributed by atoms with van der Waals surface area (Å²) in [6.07, 6.45) is 0. The second kappa shape index (κ2) is 4.41. The van der Waals surface area contributed by atoms with E-state index in [1.807, 2.05) is 24.3 Å². The second-order valence-electron chi connectivity index (χ2n) is 3.15. The Morgan fingerprint density at radius 2 is 2.00 bits per heavy atom. The van der Waals surface area contributed by atoms with E-state index in [4.69, 9.17) is 17.3 Å². The molecule has 2 N–H and O–H groups in total. The fourth-order valence-electron chi connectivity index (χ4n) is 1.36. The number of nitrogens with two attached hydrogens (primary N) is 1. The molecule has 0 bridgehead atoms. The maximum atomic E-state index is 5.92. The molecule has 75 valence electrons. The van der Waals surface area contributed by atoms with Gasteiger partial charge in [-0.25, -0.2) is 0 Å². The van der Waals surface area contributed by atoms with Crippen molar-refractivity contribution in [2.75, 3.05) is 5.73 Å². The average Bonchev–Trinajstić information content (AvgIpc) is 2.22. The van der Waals surface area contributed by atoms with Crippen molar-refractivity contribution in [1.29, 1.82) is 0 Å². The van der Waals surface area contributed by atoms with E-state index in [1.54, 1.807) is 12.1 Å². The zero-order valence-electron chi connectivity index (χ0n) is 7.80. The highest BCUT2D eigenvalue weighted by atomic mass is 127. The maximum Gasteiger partial charge on any atom is 0.0412 e. The lowest BCUT2D eigenvalue weighted by molar-refractivity contribution is 1.57. The van der Waals surface area contributed by atoms with Gasteiger partial charge in [-0.3, -0.25) is 0 Å². The number of hydrogen-bond acceptors (Lipinski definition) is 1. The lowest BCUT2D eigenvalue weighted by atomic mass is 10.0. The standard InChI is InChI=1S/C12H8ClIN/c13-9-3-1-2-8(6-9)11-7-10(14)4-5-12(11)15/h1,3-7H,15H2. The molecule has 0 aromatic heterocycles. The Morgan fingerprint density at radius 3 is 2.73 bits per heavy atom. The van der Waals surface area contributed by atoms with Gasteiger partial charge < -0.3 is 5.73 Å². The number of hydrogen-bond donors (Lipinski definition) is 1. The van der Waals surface area contributed by atoms with Crippen LogP contribution in [-0.4, -0.2) is 0 Å². The molecule has 1 radical (unpaired) electrons. The zero-order chi connectivity index (χ0) is 10.8. The van der Waals surface area contributed by atoms with Gasteiger partial charge in [-0.1, -0.05) is 17.7 Å². The van der Waals surface area contributed by atoms with E-state index >= 15 is 0 Å². The number of anilines is 1. The molecule has 1 nitrogen and oxygen atoms in total. The largest absolute Gasteiger partial charge is 0.398 e. The average molecular weight is 329 g/mol. The van der Waals surface area contributed by atoms with Crippen LogP contribution in [0.4, 0.5) is 5.69 Å². The van der Waals surface area contributed by atoms with Gasteiger partial charge in [0.05, 0.1) is 0 Å². The van der Waals surface area contributed by atoms with Crippen molar-refractivity contribution in [3.63, 3.8) is 0 Å². The summed E-state index contributed by atoms with van der Waals surface area (Å²) >= 11 is 8.18. The minimum atomic E-state index is 0.696. The molecular weight excluding hydrogens is 320 g/mol. The van der Waals surface area contributed by atoms with Crippen molar-refractivity contribution >= 4 is 39.9 Å². The Balaban J connectivity index is 2.58. The fourth-order valence-corrected chi connectivity index (χ4v) is 2.02. The summed E-state index contributed by atoms with van der Waals surface area (Å²) in [6.45, 7) is 0. The Labute approximate surface area is 107 Å². The summed E-state index contributed by atoms with van der Waals surface area (Å²) in [7, 11) is 0. The quantitative estimate of drug-likeness (QED) is 0.621. The molecule has 0 amide bonds. The van der Waals surface area contributed by atoms with Crippen molar-refractivity contribution < 1.29 is 0 Å². The number of halogens is 2. The molecule has 2 aromatic rings. The van der Waals surface area contributed by atoms with Gasteiger partial charge in [0.1, 0.15) is 0 Å². The van der Waals surface area contributed by atoms with E-state index in [2.05, 4.69) is 28.7 Å². The predicted molar refractivity (Wildman–Crippen MR) is 72.9 cm³/mol. The van der Waals surface area contributed by atoms with Gasteiger partial charge in [-0.15, -0.1) is 0 Å². The Morgan fingerprint density at radius 1 is 1.20 bits per heavy atom. The molecule has 0 saturated heterocycles. The first kappa shape index (κ1) is 10.8. The third-order valence-electron chi connectivity index (χ3n) is 2.07. The number of nitrogen functional groups attached to an aromatic ring is 1. The van der Waals surface area contributed by atoms with Crippen LogP contribution in [-0.2, 0) is 0 Å². The molecule has 0 spiro atoms. The number of benzene rings is 2. The molecule has 3 heteroatoms. The summed E-state index contributed by atoms with van der Waals surface area (Å²) in [5, 5.41) is 0.696. The van der Waals surface area contributed by atoms with E-state index in [0.29, 0.717) is 5.02 Å². The van der Waals surface area contributed by atoms with Crippen molar-refractivity contribution in [3.8, 4) is 11.1 Å². The summed E-state index contributed by atoms with van der Waals surface area (Å²) < 4.78 is 1.14. The molecule has 0 saturated carbocycles. The van der Waals surface area contributed by atoms with Gasteiger partial charge in [-0.2, -0.15) is 0 Å². The van der Waals surface area contributed by atoms with Gasteiger partial charge in [0.2, 0.25) is 0 Å². The van der Waals surface area contributed by atoms with E-state index in [0.717, 1.165) is 20.4 Å². The van der Waals surface area contributed by atoms with Crippen LogP contribution >= 0.6 is 34.2 Å². The summed E-state index contributed by atoms with van der Waals surface area (Å²) in [6, 6.07) is 14.5. The maximum absolute atomic E-state index is 5.92. The van der Waals surface area contributed by atoms with Crippen LogP contribution < -0.4 is 5.73 Å². The van der Waals surface area contributed by atoms with Crippen LogP contribution in [0.1, 0.15) is 0 Å². The summed E-state index contributed by atoms with van der Waals surface area (Å²) in [5.74, 6) is 0. The molecule has 0 heterocycles. The lowest BCUT2D eigenvalue weighted by Gasteiger charge is -2.06. The second-order valence-corrected chi connectivity index (χ2v) is 4.83. The Hall–Kier alpha value is -0.740. The summed E-state index contributed by atoms with van der Waals surface area (Å²) in [5.41, 5.74) is 8.55. The SMILES string of the molecule is Nc1ccc(I)cc1-c1[c]ccc(Cl)c1. The van der Waals surface area contributed by atoms with Crippen LogP contribution in [0.2, 0.25) is 5.02 Å². The van der Waals surface area contributed by atoms with Crippen molar-refractivity contribution in [1.82, 2.24) is 0 Å². The molecule has 15 heavy (non-hydrogen) atoms. The fraction of sp³-hybridized carbons (Fsp3) is 0. The van der Waals surface area contributed by atoms with Crippen LogP contribution in [0.15, 0.2) is 36.4 Å². The van der Waals surface area contributed by atoms with Gasteiger partial charge in [0, 0.05) is 19.8 Å². The first-order valence-electron chi connectivity index (χ1n) is 4.39. The van der Waals surface area contributed by atoms with Crippen molar-refractivity contribution in [2.24, 2.45) is 0 Å². The van der Waals surface area contributed by atoms with Gasteiger partial charge in [0.25, 0.3) is 0 Å². The first-order valence-corrected chi connectivity index (χ1v) is 5.85. The highest BCUT2D eigenvalue weighted by Crippen LogP contribution is 2.28. The third-order valence-corrected chi connectivity index (χ3v) is 2.98. The smallest absolute Gasteiger partial charge is 0.0412 e. The molecular formula is C12H8ClIN. The summed E-state index contributed by atoms with van der Waals surface area (Å²) in [4.78, 5) is 0. The van der Waals surface area contributed by atoms with Gasteiger partial charge in [-0.05, 0) is 64.6 Å². The lowest BCUT2D eigenvalue weighted by Crippen LogP contribution is -1.90. The normalized spacial score (nSPS) is 10.3. The molecule has 0 atom stereocenters. The van der Waals surface area contributed by atoms with E-state index < -0.39 is 0 Å². The molecule has 0 aliphatic carbocycles. The van der Waals surface area contributed by atoms with Crippen molar-refractivity contribution in [3.05, 3.63) is 51.1 Å². The number of rotatable bonds is 1. The van der Waals surface area contributed by atoms with Crippen LogP contribution in [0.25, 0.3) is 11.1 Å². The minimum Gasteiger partial charge on any atom is -0.398 e. The topological polar surface area (TPSA) is 26.0 Å². The highest BCUT2D eigenvalue weighted by Gasteiger charge is 2.03. The molecule has 0 aliphatic heterocycles. The van der Waals surface area contributed by atoms with E-state index in [1.165, 1.54) is 0 Å². The van der Waals surface area contributed by atoms with Crippen LogP contribution in [0, 0.1) is 9.64 Å². The highest BCUT2D eigenvalue weighted by molar-refractivity contribution is 14.1. The van der Waals surface area contributed by atoms with Crippen LogP contribution in [0.5, 0.6) is 0 Å². The zero-order valence-corrected chi connectivity index (χ0v) is 10.7. The van der Waals surface area contributed by atoms with Crippen molar-refractivity contribution in [2.45, 2.75) is 0 Å². The Kier molecular flexibility index (Phi) is 3.17.